The van der Waals surface area contributed by atoms with Crippen LogP contribution in [0.25, 0.3) is 10.4 Å². The van der Waals surface area contributed by atoms with E-state index in [2.05, 4.69) is 25.4 Å². The Morgan fingerprint density at radius 1 is 1.11 bits per heavy atom. The number of aryl methyl sites for hydroxylation is 1. The molecular formula is C33H45N9O4S. The van der Waals surface area contributed by atoms with E-state index in [4.69, 9.17) is 5.73 Å². The fraction of sp³-hybridized carbons (Fsp3) is 0.515. The van der Waals surface area contributed by atoms with Gasteiger partial charge in [0.15, 0.2) is 5.82 Å². The molecule has 3 aromatic rings. The number of carbonyl (C=O) groups is 3. The maximum atomic E-state index is 14.5. The zero-order chi connectivity index (χ0) is 34.0. The number of rotatable bonds is 8. The molecule has 2 fully saturated rings. The van der Waals surface area contributed by atoms with Crippen LogP contribution in [0.4, 0.5) is 11.5 Å². The number of nitrogens with one attached hydrogen (secondary N) is 1. The number of nitrogens with zero attached hydrogens (tertiary/aromatic N) is 7. The Balaban J connectivity index is 1.31. The van der Waals surface area contributed by atoms with Gasteiger partial charge in [-0.15, -0.1) is 16.4 Å². The molecular weight excluding hydrogens is 618 g/mol. The summed E-state index contributed by atoms with van der Waals surface area (Å²) >= 11 is 1.58. The smallest absolute Gasteiger partial charge is 0.248 e. The van der Waals surface area contributed by atoms with Crippen molar-refractivity contribution in [3.05, 3.63) is 53.3 Å². The van der Waals surface area contributed by atoms with Crippen LogP contribution < -0.4 is 16.0 Å². The summed E-state index contributed by atoms with van der Waals surface area (Å²) in [6.45, 7) is 13.1. The molecule has 13 nitrogen and oxygen atoms in total. The lowest BCUT2D eigenvalue weighted by atomic mass is 9.85. The van der Waals surface area contributed by atoms with Gasteiger partial charge in [0.2, 0.25) is 17.7 Å². The molecule has 0 unspecified atom stereocenters. The molecule has 0 spiro atoms. The van der Waals surface area contributed by atoms with Crippen LogP contribution in [0.2, 0.25) is 0 Å². The van der Waals surface area contributed by atoms with Crippen LogP contribution >= 0.6 is 11.3 Å². The summed E-state index contributed by atoms with van der Waals surface area (Å²) in [7, 11) is 0. The molecule has 0 bridgehead atoms. The predicted molar refractivity (Wildman–Crippen MR) is 181 cm³/mol. The molecule has 14 heteroatoms. The first-order valence-corrected chi connectivity index (χ1v) is 16.8. The molecule has 4 atom stereocenters. The lowest BCUT2D eigenvalue weighted by Crippen LogP contribution is -2.65. The van der Waals surface area contributed by atoms with Crippen molar-refractivity contribution in [2.24, 2.45) is 5.41 Å². The van der Waals surface area contributed by atoms with Crippen LogP contribution in [0.1, 0.15) is 58.3 Å². The number of nitrogens with two attached hydrogens (primary N) is 1. The fourth-order valence-corrected chi connectivity index (χ4v) is 7.31. The SMILES string of the molecule is CC(=O)N([C@H](C(=O)N1C[C@H](O)C[C@H]1C(=O)N[C@@H](C)c1ccc(-c2scnc2C)cc1)C(C)(C)C)N1CCN(c2ccnnc2N)CC1. The summed E-state index contributed by atoms with van der Waals surface area (Å²) < 4.78 is 0. The molecule has 2 aromatic heterocycles. The first kappa shape index (κ1) is 34.2. The highest BCUT2D eigenvalue weighted by molar-refractivity contribution is 7.13. The number of hydrazine groups is 1. The number of β-amino-alcohol motifs (C(OH)–C–C–N with tert-alkyl or cyclic N) is 1. The summed E-state index contributed by atoms with van der Waals surface area (Å²) in [6, 6.07) is 7.68. The highest BCUT2D eigenvalue weighted by Crippen LogP contribution is 2.33. The molecule has 2 aliphatic heterocycles. The number of piperazine rings is 1. The second-order valence-corrected chi connectivity index (χ2v) is 14.2. The summed E-state index contributed by atoms with van der Waals surface area (Å²) in [5.41, 5.74) is 10.9. The van der Waals surface area contributed by atoms with Crippen molar-refractivity contribution in [1.29, 1.82) is 0 Å². The maximum Gasteiger partial charge on any atom is 0.248 e. The number of benzene rings is 1. The molecule has 2 saturated heterocycles. The molecule has 4 heterocycles. The Morgan fingerprint density at radius 2 is 1.79 bits per heavy atom. The van der Waals surface area contributed by atoms with Crippen molar-refractivity contribution in [2.75, 3.05) is 43.4 Å². The maximum absolute atomic E-state index is 14.5. The van der Waals surface area contributed by atoms with E-state index < -0.39 is 23.6 Å². The van der Waals surface area contributed by atoms with Gasteiger partial charge in [0.1, 0.15) is 12.1 Å². The molecule has 0 saturated carbocycles. The number of hydrogen-bond acceptors (Lipinski definition) is 11. The topological polar surface area (TPSA) is 161 Å². The monoisotopic (exact) mass is 663 g/mol. The molecule has 0 aliphatic carbocycles. The number of aliphatic hydroxyl groups excluding tert-OH is 1. The van der Waals surface area contributed by atoms with Crippen LogP contribution in [-0.4, -0.2) is 104 Å². The minimum Gasteiger partial charge on any atom is -0.391 e. The molecule has 0 radical (unpaired) electrons. The zero-order valence-electron chi connectivity index (χ0n) is 27.9. The van der Waals surface area contributed by atoms with Gasteiger partial charge in [-0.3, -0.25) is 19.4 Å². The van der Waals surface area contributed by atoms with E-state index in [9.17, 15) is 19.5 Å². The Hall–Kier alpha value is -4.14. The van der Waals surface area contributed by atoms with Crippen LogP contribution in [-0.2, 0) is 14.4 Å². The van der Waals surface area contributed by atoms with Crippen LogP contribution in [0.3, 0.4) is 0 Å². The van der Waals surface area contributed by atoms with Crippen molar-refractivity contribution in [1.82, 2.24) is 35.4 Å². The summed E-state index contributed by atoms with van der Waals surface area (Å²) in [5.74, 6) is -0.653. The molecule has 47 heavy (non-hydrogen) atoms. The van der Waals surface area contributed by atoms with Crippen LogP contribution in [0.5, 0.6) is 0 Å². The predicted octanol–water partition coefficient (Wildman–Crippen LogP) is 2.63. The number of thiazole rings is 1. The first-order chi connectivity index (χ1) is 22.3. The van der Waals surface area contributed by atoms with Gasteiger partial charge in [-0.2, -0.15) is 5.10 Å². The van der Waals surface area contributed by atoms with Crippen molar-refractivity contribution in [2.45, 2.75) is 72.2 Å². The van der Waals surface area contributed by atoms with Gasteiger partial charge >= 0.3 is 0 Å². The average Bonchev–Trinajstić information content (AvgIpc) is 3.64. The molecule has 5 rings (SSSR count). The average molecular weight is 664 g/mol. The Kier molecular flexibility index (Phi) is 10.1. The van der Waals surface area contributed by atoms with E-state index in [1.165, 1.54) is 11.8 Å². The standard InChI is InChI=1S/C33H45N9O4S/c1-20(23-7-9-24(10-8-23)28-21(2)35-19-47-28)37-31(45)27-17-25(44)18-41(27)32(46)29(33(4,5)6)42(22(3)43)40-15-13-39(14-16-40)26-11-12-36-38-30(26)34/h7-12,19-20,25,27,29,44H,13-18H2,1-6H3,(H2,34,38)(H,37,45)/t20-,25+,27-,29+/m0/s1. The highest BCUT2D eigenvalue weighted by Gasteiger charge is 2.48. The number of likely N-dealkylation sites (tertiary alicyclic amines) is 1. The first-order valence-electron chi connectivity index (χ1n) is 15.9. The minimum atomic E-state index is -0.903. The number of carbonyl (C=O) groups excluding carboxylic acids is 3. The second kappa shape index (κ2) is 13.9. The van der Waals surface area contributed by atoms with Gasteiger partial charge in [0, 0.05) is 46.1 Å². The van der Waals surface area contributed by atoms with E-state index in [1.54, 1.807) is 22.5 Å². The lowest BCUT2D eigenvalue weighted by molar-refractivity contribution is -0.173. The number of hydrogen-bond donors (Lipinski definition) is 3. The van der Waals surface area contributed by atoms with E-state index in [1.807, 2.05) is 75.5 Å². The molecule has 1 aromatic carbocycles. The highest BCUT2D eigenvalue weighted by atomic mass is 32.1. The van der Waals surface area contributed by atoms with E-state index in [0.717, 1.165) is 27.4 Å². The summed E-state index contributed by atoms with van der Waals surface area (Å²) in [4.78, 5) is 50.5. The van der Waals surface area contributed by atoms with Gasteiger partial charge in [-0.05, 0) is 36.5 Å². The molecule has 4 N–H and O–H groups in total. The van der Waals surface area contributed by atoms with Crippen molar-refractivity contribution in [3.63, 3.8) is 0 Å². The third kappa shape index (κ3) is 7.39. The van der Waals surface area contributed by atoms with Crippen molar-refractivity contribution >= 4 is 40.6 Å². The van der Waals surface area contributed by atoms with Crippen molar-refractivity contribution < 1.29 is 19.5 Å². The number of aliphatic hydroxyl groups is 1. The molecule has 2 aliphatic rings. The van der Waals surface area contributed by atoms with Gasteiger partial charge in [-0.25, -0.2) is 9.99 Å². The third-order valence-corrected chi connectivity index (χ3v) is 9.87. The number of anilines is 2. The van der Waals surface area contributed by atoms with Gasteiger partial charge in [0.05, 0.1) is 40.1 Å². The van der Waals surface area contributed by atoms with Crippen LogP contribution in [0.15, 0.2) is 42.0 Å². The van der Waals surface area contributed by atoms with E-state index in [-0.39, 0.29) is 36.7 Å². The number of aromatic nitrogens is 3. The Labute approximate surface area is 279 Å². The third-order valence-electron chi connectivity index (χ3n) is 8.89. The Morgan fingerprint density at radius 3 is 2.36 bits per heavy atom. The van der Waals surface area contributed by atoms with Crippen molar-refractivity contribution in [3.8, 4) is 10.4 Å². The van der Waals surface area contributed by atoms with E-state index in [0.29, 0.717) is 32.0 Å². The zero-order valence-corrected chi connectivity index (χ0v) is 28.7. The minimum absolute atomic E-state index is 0.00855. The fourth-order valence-electron chi connectivity index (χ4n) is 6.50. The largest absolute Gasteiger partial charge is 0.391 e. The molecule has 3 amide bonds. The van der Waals surface area contributed by atoms with Gasteiger partial charge < -0.3 is 26.0 Å². The summed E-state index contributed by atoms with van der Waals surface area (Å²) in [6.07, 6.45) is 0.846. The van der Waals surface area contributed by atoms with Gasteiger partial charge in [0.25, 0.3) is 0 Å². The van der Waals surface area contributed by atoms with Gasteiger partial charge in [-0.1, -0.05) is 45.0 Å². The van der Waals surface area contributed by atoms with Crippen LogP contribution in [0, 0.1) is 12.3 Å². The number of amides is 3. The Bertz CT molecular complexity index is 1580. The number of nitrogen functional groups attached to an aromatic ring is 1. The second-order valence-electron chi connectivity index (χ2n) is 13.4. The lowest BCUT2D eigenvalue weighted by Gasteiger charge is -2.48. The molecule has 252 valence electrons. The summed E-state index contributed by atoms with van der Waals surface area (Å²) in [5, 5.41) is 25.0. The quantitative estimate of drug-likeness (QED) is 0.327. The normalized spacial score (nSPS) is 20.1. The van der Waals surface area contributed by atoms with E-state index >= 15 is 0 Å².